The molecule has 0 atom stereocenters. The lowest BCUT2D eigenvalue weighted by atomic mass is 10.1. The van der Waals surface area contributed by atoms with Gasteiger partial charge in [0.1, 0.15) is 11.5 Å². The van der Waals surface area contributed by atoms with Crippen molar-refractivity contribution in [2.75, 3.05) is 0 Å². The molecule has 116 valence electrons. The van der Waals surface area contributed by atoms with Crippen molar-refractivity contribution in [1.82, 2.24) is 0 Å². The van der Waals surface area contributed by atoms with Crippen LogP contribution < -0.4 is 9.47 Å². The zero-order valence-electron chi connectivity index (χ0n) is 12.2. The summed E-state index contributed by atoms with van der Waals surface area (Å²) < 4.78 is 11.1. The Hall–Kier alpha value is -2.72. The third-order valence-corrected chi connectivity index (χ3v) is 3.48. The highest BCUT2D eigenvalue weighted by Gasteiger charge is 2.16. The van der Waals surface area contributed by atoms with E-state index in [-0.39, 0.29) is 17.2 Å². The molecule has 3 rings (SSSR count). The van der Waals surface area contributed by atoms with E-state index in [0.717, 1.165) is 0 Å². The predicted molar refractivity (Wildman–Crippen MR) is 88.4 cm³/mol. The van der Waals surface area contributed by atoms with Gasteiger partial charge in [0, 0.05) is 28.8 Å². The Morgan fingerprint density at radius 2 is 1.70 bits per heavy atom. The van der Waals surface area contributed by atoms with E-state index in [1.54, 1.807) is 48.5 Å². The van der Waals surface area contributed by atoms with E-state index in [1.807, 2.05) is 0 Å². The highest BCUT2D eigenvalue weighted by molar-refractivity contribution is 6.30. The van der Waals surface area contributed by atoms with Gasteiger partial charge in [-0.25, -0.2) is 0 Å². The maximum atomic E-state index is 11.4. The molecule has 4 nitrogen and oxygen atoms in total. The number of aromatic hydroxyl groups is 1. The molecule has 0 spiro atoms. The highest BCUT2D eigenvalue weighted by Crippen LogP contribution is 2.43. The molecule has 0 saturated carbocycles. The summed E-state index contributed by atoms with van der Waals surface area (Å²) in [5, 5.41) is 11.9. The number of rotatable bonds is 3. The number of carbonyl (C=O) groups excluding carboxylic acids is 1. The zero-order chi connectivity index (χ0) is 16.4. The van der Waals surface area contributed by atoms with E-state index in [1.165, 1.54) is 13.0 Å². The summed E-state index contributed by atoms with van der Waals surface area (Å²) >= 11 is 5.85. The molecule has 0 heterocycles. The number of fused-ring (bicyclic) bond motifs is 1. The molecule has 1 N–H and O–H groups in total. The van der Waals surface area contributed by atoms with Crippen LogP contribution in [0.3, 0.4) is 0 Å². The first-order valence-electron chi connectivity index (χ1n) is 6.91. The van der Waals surface area contributed by atoms with Gasteiger partial charge in [-0.1, -0.05) is 35.9 Å². The normalized spacial score (nSPS) is 10.5. The number of ether oxygens (including phenoxy) is 2. The third-order valence-electron chi connectivity index (χ3n) is 3.23. The Morgan fingerprint density at radius 1 is 1.04 bits per heavy atom. The third kappa shape index (κ3) is 3.22. The van der Waals surface area contributed by atoms with Crippen molar-refractivity contribution in [3.8, 4) is 23.0 Å². The van der Waals surface area contributed by atoms with Crippen LogP contribution in [0.5, 0.6) is 23.0 Å². The molecule has 0 aromatic heterocycles. The van der Waals surface area contributed by atoms with Crippen LogP contribution in [0.25, 0.3) is 10.8 Å². The molecule has 3 aromatic rings. The Bertz CT molecular complexity index is 872. The fraction of sp³-hybridized carbons (Fsp3) is 0.0556. The number of benzene rings is 3. The van der Waals surface area contributed by atoms with Crippen LogP contribution in [0.1, 0.15) is 6.92 Å². The Balaban J connectivity index is 2.14. The van der Waals surface area contributed by atoms with Gasteiger partial charge in [0.05, 0.1) is 0 Å². The molecule has 0 aliphatic heterocycles. The van der Waals surface area contributed by atoms with Crippen molar-refractivity contribution in [3.63, 3.8) is 0 Å². The maximum absolute atomic E-state index is 11.4. The molecule has 23 heavy (non-hydrogen) atoms. The molecule has 0 aliphatic carbocycles. The lowest BCUT2D eigenvalue weighted by Gasteiger charge is -2.14. The van der Waals surface area contributed by atoms with Crippen molar-refractivity contribution in [3.05, 3.63) is 59.6 Å². The van der Waals surface area contributed by atoms with Crippen LogP contribution in [0.2, 0.25) is 5.02 Å². The number of esters is 1. The molecule has 3 aromatic carbocycles. The number of hydrogen-bond donors (Lipinski definition) is 1. The number of halogens is 1. The minimum absolute atomic E-state index is 0.0421. The van der Waals surface area contributed by atoms with Crippen molar-refractivity contribution >= 4 is 28.3 Å². The summed E-state index contributed by atoms with van der Waals surface area (Å²) in [6.45, 7) is 1.31. The number of phenols is 1. The van der Waals surface area contributed by atoms with Gasteiger partial charge in [0.15, 0.2) is 11.5 Å². The predicted octanol–water partition coefficient (Wildman–Crippen LogP) is 4.92. The molecule has 0 saturated heterocycles. The van der Waals surface area contributed by atoms with Crippen LogP contribution in [0.4, 0.5) is 0 Å². The molecule has 5 heteroatoms. The van der Waals surface area contributed by atoms with Crippen LogP contribution >= 0.6 is 11.6 Å². The van der Waals surface area contributed by atoms with E-state index < -0.39 is 5.97 Å². The molecular formula is C18H13ClO4. The number of phenolic OH excluding ortho intramolecular Hbond substituents is 1. The zero-order valence-corrected chi connectivity index (χ0v) is 13.0. The van der Waals surface area contributed by atoms with Crippen LogP contribution in [-0.4, -0.2) is 11.1 Å². The first kappa shape index (κ1) is 15.2. The van der Waals surface area contributed by atoms with Gasteiger partial charge >= 0.3 is 5.97 Å². The maximum Gasteiger partial charge on any atom is 0.308 e. The van der Waals surface area contributed by atoms with Crippen LogP contribution in [0, 0.1) is 0 Å². The standard InChI is InChI=1S/C18H13ClO4/c1-11(20)22-18-15-5-3-2-4-14(15)16(21)10-17(18)23-13-8-6-12(19)7-9-13/h2-10,21H,1H3. The summed E-state index contributed by atoms with van der Waals surface area (Å²) in [6.07, 6.45) is 0. The monoisotopic (exact) mass is 328 g/mol. The quantitative estimate of drug-likeness (QED) is 0.548. The summed E-state index contributed by atoms with van der Waals surface area (Å²) in [5.41, 5.74) is 0. The number of hydrogen-bond acceptors (Lipinski definition) is 4. The second-order valence-electron chi connectivity index (χ2n) is 4.92. The fourth-order valence-corrected chi connectivity index (χ4v) is 2.39. The Kier molecular flexibility index (Phi) is 4.08. The molecule has 0 radical (unpaired) electrons. The van der Waals surface area contributed by atoms with Crippen molar-refractivity contribution in [1.29, 1.82) is 0 Å². The van der Waals surface area contributed by atoms with E-state index in [9.17, 15) is 9.90 Å². The average Bonchev–Trinajstić information content (AvgIpc) is 2.53. The van der Waals surface area contributed by atoms with Gasteiger partial charge in [0.25, 0.3) is 0 Å². The van der Waals surface area contributed by atoms with Gasteiger partial charge in [-0.2, -0.15) is 0 Å². The largest absolute Gasteiger partial charge is 0.507 e. The van der Waals surface area contributed by atoms with Gasteiger partial charge in [0.2, 0.25) is 0 Å². The molecule has 0 fully saturated rings. The summed E-state index contributed by atoms with van der Waals surface area (Å²) in [4.78, 5) is 11.4. The van der Waals surface area contributed by atoms with E-state index in [0.29, 0.717) is 21.5 Å². The van der Waals surface area contributed by atoms with Crippen molar-refractivity contribution in [2.45, 2.75) is 6.92 Å². The molecule has 0 aliphatic rings. The van der Waals surface area contributed by atoms with Gasteiger partial charge in [-0.3, -0.25) is 4.79 Å². The average molecular weight is 329 g/mol. The van der Waals surface area contributed by atoms with Gasteiger partial charge < -0.3 is 14.6 Å². The first-order chi connectivity index (χ1) is 11.0. The fourth-order valence-electron chi connectivity index (χ4n) is 2.26. The second-order valence-corrected chi connectivity index (χ2v) is 5.35. The van der Waals surface area contributed by atoms with E-state index in [4.69, 9.17) is 21.1 Å². The Labute approximate surface area is 137 Å². The summed E-state index contributed by atoms with van der Waals surface area (Å²) in [6, 6.07) is 15.2. The topological polar surface area (TPSA) is 55.8 Å². The van der Waals surface area contributed by atoms with Crippen molar-refractivity contribution in [2.24, 2.45) is 0 Å². The van der Waals surface area contributed by atoms with Gasteiger partial charge in [-0.05, 0) is 24.3 Å². The molecular weight excluding hydrogens is 316 g/mol. The molecule has 0 bridgehead atoms. The Morgan fingerprint density at radius 3 is 2.35 bits per heavy atom. The van der Waals surface area contributed by atoms with E-state index >= 15 is 0 Å². The number of carbonyl (C=O) groups is 1. The second kappa shape index (κ2) is 6.18. The molecule has 0 unspecified atom stereocenters. The minimum atomic E-state index is -0.471. The molecule has 0 amide bonds. The minimum Gasteiger partial charge on any atom is -0.507 e. The lowest BCUT2D eigenvalue weighted by Crippen LogP contribution is -2.03. The summed E-state index contributed by atoms with van der Waals surface area (Å²) in [5.74, 6) is 0.597. The van der Waals surface area contributed by atoms with Gasteiger partial charge in [-0.15, -0.1) is 0 Å². The summed E-state index contributed by atoms with van der Waals surface area (Å²) in [7, 11) is 0. The highest BCUT2D eigenvalue weighted by atomic mass is 35.5. The SMILES string of the molecule is CC(=O)Oc1c(Oc2ccc(Cl)cc2)cc(O)c2ccccc12. The first-order valence-corrected chi connectivity index (χ1v) is 7.29. The smallest absolute Gasteiger partial charge is 0.308 e. The van der Waals surface area contributed by atoms with E-state index in [2.05, 4.69) is 0 Å². The van der Waals surface area contributed by atoms with Crippen LogP contribution in [-0.2, 0) is 4.79 Å². The van der Waals surface area contributed by atoms with Crippen molar-refractivity contribution < 1.29 is 19.4 Å². The lowest BCUT2D eigenvalue weighted by molar-refractivity contribution is -0.131. The van der Waals surface area contributed by atoms with Crippen LogP contribution in [0.15, 0.2) is 54.6 Å².